The highest BCUT2D eigenvalue weighted by molar-refractivity contribution is 9.10. The van der Waals surface area contributed by atoms with Gasteiger partial charge in [-0.2, -0.15) is 0 Å². The molecule has 1 N–H and O–H groups in total. The monoisotopic (exact) mass is 457 g/mol. The highest BCUT2D eigenvalue weighted by Crippen LogP contribution is 2.34. The second-order valence-corrected chi connectivity index (χ2v) is 8.63. The number of hydrogen-bond acceptors (Lipinski definition) is 5. The van der Waals surface area contributed by atoms with Gasteiger partial charge in [0.1, 0.15) is 22.8 Å². The summed E-state index contributed by atoms with van der Waals surface area (Å²) in [5.41, 5.74) is 0.849. The number of aromatic hydroxyl groups is 1. The van der Waals surface area contributed by atoms with E-state index in [2.05, 4.69) is 27.8 Å². The van der Waals surface area contributed by atoms with Gasteiger partial charge in [0.15, 0.2) is 0 Å². The largest absolute Gasteiger partial charge is 0.507 e. The van der Waals surface area contributed by atoms with Gasteiger partial charge in [-0.05, 0) is 72.4 Å². The van der Waals surface area contributed by atoms with Crippen molar-refractivity contribution in [1.29, 1.82) is 0 Å². The number of halogens is 1. The van der Waals surface area contributed by atoms with Crippen molar-refractivity contribution in [3.63, 3.8) is 0 Å². The fourth-order valence-electron chi connectivity index (χ4n) is 3.96. The number of likely N-dealkylation sites (tertiary alicyclic amines) is 1. The smallest absolute Gasteiger partial charge is 0.235 e. The number of phenolic OH excluding ortho intramolecular Hbond substituents is 1. The van der Waals surface area contributed by atoms with Crippen LogP contribution < -0.4 is 10.2 Å². The van der Waals surface area contributed by atoms with E-state index in [1.165, 1.54) is 6.42 Å². The molecule has 2 heterocycles. The van der Waals surface area contributed by atoms with E-state index in [0.717, 1.165) is 24.0 Å². The van der Waals surface area contributed by atoms with Crippen LogP contribution >= 0.6 is 15.9 Å². The van der Waals surface area contributed by atoms with Crippen molar-refractivity contribution in [2.24, 2.45) is 5.92 Å². The highest BCUT2D eigenvalue weighted by atomic mass is 79.9. The lowest BCUT2D eigenvalue weighted by atomic mass is 9.99. The molecule has 1 aromatic heterocycles. The summed E-state index contributed by atoms with van der Waals surface area (Å²) in [7, 11) is 0. The summed E-state index contributed by atoms with van der Waals surface area (Å²) in [6, 6.07) is 10.5. The predicted octanol–water partition coefficient (Wildman–Crippen LogP) is 5.59. The van der Waals surface area contributed by atoms with E-state index in [9.17, 15) is 9.90 Å². The van der Waals surface area contributed by atoms with Gasteiger partial charge in [-0.3, -0.25) is 9.69 Å². The van der Waals surface area contributed by atoms with Gasteiger partial charge in [0, 0.05) is 13.1 Å². The standard InChI is InChI=1S/C23H24BrNO4/c1-14-6-5-11-25(12-14)13-17-19(26)10-9-16-21(27)22(15(2)28-23(16)17)29-20-8-4-3-7-18(20)24/h3-4,7-10,14,26H,5-6,11-13H2,1-2H3. The van der Waals surface area contributed by atoms with Gasteiger partial charge in [0.05, 0.1) is 15.4 Å². The average molecular weight is 458 g/mol. The van der Waals surface area contributed by atoms with E-state index in [4.69, 9.17) is 9.15 Å². The number of fused-ring (bicyclic) bond motifs is 1. The van der Waals surface area contributed by atoms with Crippen LogP contribution in [0.5, 0.6) is 17.2 Å². The molecule has 0 spiro atoms. The van der Waals surface area contributed by atoms with Crippen LogP contribution in [0.3, 0.4) is 0 Å². The molecule has 4 rings (SSSR count). The third-order valence-electron chi connectivity index (χ3n) is 5.43. The van der Waals surface area contributed by atoms with E-state index >= 15 is 0 Å². The summed E-state index contributed by atoms with van der Waals surface area (Å²) in [5.74, 6) is 1.87. The van der Waals surface area contributed by atoms with E-state index in [1.807, 2.05) is 18.2 Å². The third kappa shape index (κ3) is 4.05. The van der Waals surface area contributed by atoms with Gasteiger partial charge in [0.25, 0.3) is 0 Å². The maximum atomic E-state index is 13.2. The normalized spacial score (nSPS) is 17.6. The summed E-state index contributed by atoms with van der Waals surface area (Å²) in [6.45, 7) is 6.46. The van der Waals surface area contributed by atoms with Crippen LogP contribution in [-0.2, 0) is 6.54 Å². The molecular weight excluding hydrogens is 434 g/mol. The van der Waals surface area contributed by atoms with Crippen molar-refractivity contribution in [2.45, 2.75) is 33.2 Å². The average Bonchev–Trinajstić information content (AvgIpc) is 2.69. The predicted molar refractivity (Wildman–Crippen MR) is 117 cm³/mol. The third-order valence-corrected chi connectivity index (χ3v) is 6.09. The molecule has 152 valence electrons. The summed E-state index contributed by atoms with van der Waals surface area (Å²) in [4.78, 5) is 15.5. The van der Waals surface area contributed by atoms with Gasteiger partial charge in [0.2, 0.25) is 11.2 Å². The highest BCUT2D eigenvalue weighted by Gasteiger charge is 2.22. The lowest BCUT2D eigenvalue weighted by molar-refractivity contribution is 0.175. The first-order chi connectivity index (χ1) is 13.9. The second kappa shape index (κ2) is 8.20. The summed E-state index contributed by atoms with van der Waals surface area (Å²) in [6.07, 6.45) is 2.36. The van der Waals surface area contributed by atoms with Crippen LogP contribution in [0.15, 0.2) is 50.1 Å². The second-order valence-electron chi connectivity index (χ2n) is 7.77. The maximum Gasteiger partial charge on any atom is 0.235 e. The van der Waals surface area contributed by atoms with Crippen molar-refractivity contribution in [3.8, 4) is 17.2 Å². The molecule has 1 unspecified atom stereocenters. The van der Waals surface area contributed by atoms with E-state index < -0.39 is 0 Å². The minimum atomic E-state index is -0.243. The van der Waals surface area contributed by atoms with E-state index in [0.29, 0.717) is 40.5 Å². The number of para-hydroxylation sites is 1. The van der Waals surface area contributed by atoms with Gasteiger partial charge < -0.3 is 14.3 Å². The summed E-state index contributed by atoms with van der Waals surface area (Å²) in [5, 5.41) is 10.9. The zero-order chi connectivity index (χ0) is 20.5. The van der Waals surface area contributed by atoms with Crippen molar-refractivity contribution in [1.82, 2.24) is 4.90 Å². The SMILES string of the molecule is Cc1oc2c(CN3CCCC(C)C3)c(O)ccc2c(=O)c1Oc1ccccc1Br. The summed E-state index contributed by atoms with van der Waals surface area (Å²) >= 11 is 3.44. The Morgan fingerprint density at radius 2 is 2.07 bits per heavy atom. The van der Waals surface area contributed by atoms with Crippen molar-refractivity contribution >= 4 is 26.9 Å². The van der Waals surface area contributed by atoms with Crippen LogP contribution in [0.2, 0.25) is 0 Å². The molecule has 0 aliphatic carbocycles. The molecule has 3 aromatic rings. The number of aryl methyl sites for hydroxylation is 1. The zero-order valence-corrected chi connectivity index (χ0v) is 18.2. The molecule has 1 fully saturated rings. The Labute approximate surface area is 178 Å². The number of piperidine rings is 1. The van der Waals surface area contributed by atoms with E-state index in [-0.39, 0.29) is 16.9 Å². The van der Waals surface area contributed by atoms with Crippen molar-refractivity contribution < 1.29 is 14.3 Å². The first kappa shape index (κ1) is 20.0. The molecule has 0 radical (unpaired) electrons. The lowest BCUT2D eigenvalue weighted by Gasteiger charge is -2.31. The Kier molecular flexibility index (Phi) is 5.65. The number of hydrogen-bond donors (Lipinski definition) is 1. The van der Waals surface area contributed by atoms with Gasteiger partial charge in [-0.25, -0.2) is 0 Å². The molecule has 1 atom stereocenters. The topological polar surface area (TPSA) is 62.9 Å². The molecule has 2 aromatic carbocycles. The van der Waals surface area contributed by atoms with Crippen LogP contribution in [0, 0.1) is 12.8 Å². The maximum absolute atomic E-state index is 13.2. The molecule has 1 saturated heterocycles. The molecule has 1 aliphatic heterocycles. The first-order valence-electron chi connectivity index (χ1n) is 9.87. The number of rotatable bonds is 4. The minimum Gasteiger partial charge on any atom is -0.507 e. The van der Waals surface area contributed by atoms with Crippen LogP contribution in [0.4, 0.5) is 0 Å². The van der Waals surface area contributed by atoms with Gasteiger partial charge >= 0.3 is 0 Å². The Hall–Kier alpha value is -2.31. The van der Waals surface area contributed by atoms with Crippen molar-refractivity contribution in [2.75, 3.05) is 13.1 Å². The van der Waals surface area contributed by atoms with Crippen molar-refractivity contribution in [3.05, 3.63) is 62.4 Å². The zero-order valence-electron chi connectivity index (χ0n) is 16.6. The number of phenols is 1. The van der Waals surface area contributed by atoms with Crippen LogP contribution in [0.25, 0.3) is 11.0 Å². The Bertz CT molecular complexity index is 1110. The Balaban J connectivity index is 1.76. The fraction of sp³-hybridized carbons (Fsp3) is 0.348. The molecule has 0 saturated carbocycles. The fourth-order valence-corrected chi connectivity index (χ4v) is 4.32. The summed E-state index contributed by atoms with van der Waals surface area (Å²) < 4.78 is 12.7. The Morgan fingerprint density at radius 3 is 2.83 bits per heavy atom. The molecule has 0 amide bonds. The van der Waals surface area contributed by atoms with Crippen LogP contribution in [0.1, 0.15) is 31.1 Å². The molecule has 29 heavy (non-hydrogen) atoms. The quantitative estimate of drug-likeness (QED) is 0.552. The van der Waals surface area contributed by atoms with Crippen LogP contribution in [-0.4, -0.2) is 23.1 Å². The molecule has 0 bridgehead atoms. The molecular formula is C23H24BrNO4. The Morgan fingerprint density at radius 1 is 1.28 bits per heavy atom. The molecule has 1 aliphatic rings. The minimum absolute atomic E-state index is 0.151. The van der Waals surface area contributed by atoms with Gasteiger partial charge in [-0.1, -0.05) is 19.1 Å². The number of ether oxygens (including phenoxy) is 1. The van der Waals surface area contributed by atoms with E-state index in [1.54, 1.807) is 25.1 Å². The first-order valence-corrected chi connectivity index (χ1v) is 10.7. The number of benzene rings is 2. The van der Waals surface area contributed by atoms with Gasteiger partial charge in [-0.15, -0.1) is 0 Å². The number of nitrogens with zero attached hydrogens (tertiary/aromatic N) is 1. The lowest BCUT2D eigenvalue weighted by Crippen LogP contribution is -2.33. The molecule has 6 heteroatoms. The molecule has 5 nitrogen and oxygen atoms in total.